The summed E-state index contributed by atoms with van der Waals surface area (Å²) >= 11 is 0. The number of nitrogens with two attached hydrogens (primary N) is 2. The number of hydrogen-bond acceptors (Lipinski definition) is 13. The second-order valence-electron chi connectivity index (χ2n) is 14.5. The van der Waals surface area contributed by atoms with Crippen molar-refractivity contribution >= 4 is 78.7 Å². The Morgan fingerprint density at radius 1 is 0.648 bits per heavy atom. The van der Waals surface area contributed by atoms with Crippen molar-refractivity contribution in [1.29, 1.82) is 0 Å². The van der Waals surface area contributed by atoms with E-state index in [9.17, 15) is 44.3 Å². The topological polar surface area (TPSA) is 331 Å². The maximum atomic E-state index is 12.1. The van der Waals surface area contributed by atoms with Crippen LogP contribution in [0.5, 0.6) is 0 Å². The monoisotopic (exact) mass is 1010 g/mol. The van der Waals surface area contributed by atoms with E-state index in [4.69, 9.17) is 31.3 Å². The molecule has 5 heterocycles. The summed E-state index contributed by atoms with van der Waals surface area (Å²) in [5, 5.41) is 20.9. The third-order valence-electron chi connectivity index (χ3n) is 9.68. The minimum Gasteiger partial charge on any atom is -0.475 e. The van der Waals surface area contributed by atoms with Crippen molar-refractivity contribution in [3.8, 4) is 22.9 Å². The first kappa shape index (κ1) is 53.1. The Morgan fingerprint density at radius 2 is 1.06 bits per heavy atom. The number of aryl methyl sites for hydroxylation is 2. The summed E-state index contributed by atoms with van der Waals surface area (Å²) in [7, 11) is -3.29. The number of alkyl halides is 6. The third-order valence-corrected chi connectivity index (χ3v) is 10.8. The number of aromatic nitrogens is 8. The van der Waals surface area contributed by atoms with Gasteiger partial charge in [-0.15, -0.1) is 0 Å². The third kappa shape index (κ3) is 13.4. The van der Waals surface area contributed by atoms with Gasteiger partial charge < -0.3 is 47.3 Å². The number of fused-ring (bicyclic) bond motifs is 2. The quantitative estimate of drug-likeness (QED) is 0.0568. The van der Waals surface area contributed by atoms with E-state index in [1.165, 1.54) is 24.5 Å². The normalized spacial score (nSPS) is 11.3. The molecule has 11 N–H and O–H groups in total. The predicted molar refractivity (Wildman–Crippen MR) is 247 cm³/mol. The smallest absolute Gasteiger partial charge is 0.475 e. The number of carboxylic acid groups (broad SMARTS) is 2. The van der Waals surface area contributed by atoms with Crippen LogP contribution in [0.4, 0.5) is 49.1 Å². The molecule has 0 radical (unpaired) electrons. The fourth-order valence-corrected chi connectivity index (χ4v) is 6.86. The molecule has 2 amide bonds. The second kappa shape index (κ2) is 22.0. The van der Waals surface area contributed by atoms with Crippen molar-refractivity contribution in [3.05, 3.63) is 120 Å². The highest BCUT2D eigenvalue weighted by Crippen LogP contribution is 2.33. The van der Waals surface area contributed by atoms with Gasteiger partial charge in [0.25, 0.3) is 11.8 Å². The number of nitrogens with one attached hydrogen (secondary N) is 5. The fourth-order valence-electron chi connectivity index (χ4n) is 6.23. The number of para-hydroxylation sites is 2. The number of hydrogen-bond donors (Lipinski definition) is 9. The number of carbonyl (C=O) groups is 4. The van der Waals surface area contributed by atoms with Gasteiger partial charge in [-0.25, -0.2) is 42.9 Å². The minimum atomic E-state index is -5.08. The molecule has 0 saturated carbocycles. The number of H-pyrrole nitrogens is 3. The predicted octanol–water partition coefficient (Wildman–Crippen LogP) is 7.45. The molecule has 27 heteroatoms. The Hall–Kier alpha value is -8.88. The zero-order valence-electron chi connectivity index (χ0n) is 37.1. The van der Waals surface area contributed by atoms with Gasteiger partial charge in [0, 0.05) is 35.6 Å². The van der Waals surface area contributed by atoms with E-state index in [1.807, 2.05) is 55.5 Å². The number of aromatic amines is 3. The van der Waals surface area contributed by atoms with E-state index in [0.29, 0.717) is 56.5 Å². The van der Waals surface area contributed by atoms with Crippen LogP contribution in [-0.4, -0.2) is 101 Å². The molecule has 8 aromatic rings. The molecule has 372 valence electrons. The number of carbonyl (C=O) groups excluding carboxylic acids is 2. The molecule has 0 aliphatic heterocycles. The van der Waals surface area contributed by atoms with Gasteiger partial charge >= 0.3 is 24.3 Å². The average molecular weight is 1010 g/mol. The molecule has 3 aromatic carbocycles. The van der Waals surface area contributed by atoms with Gasteiger partial charge in [-0.1, -0.05) is 50.2 Å². The van der Waals surface area contributed by atoms with Gasteiger partial charge in [-0.05, 0) is 60.4 Å². The van der Waals surface area contributed by atoms with Crippen LogP contribution in [0.25, 0.3) is 45.2 Å². The van der Waals surface area contributed by atoms with Crippen LogP contribution in [0.2, 0.25) is 0 Å². The fraction of sp³-hybridized carbons (Fsp3) is 0.159. The number of pyridine rings is 2. The summed E-state index contributed by atoms with van der Waals surface area (Å²) in [5.41, 5.74) is 20.1. The maximum absolute atomic E-state index is 12.1. The number of primary amides is 2. The lowest BCUT2D eigenvalue weighted by Gasteiger charge is -2.13. The first-order valence-corrected chi connectivity index (χ1v) is 22.2. The zero-order valence-corrected chi connectivity index (χ0v) is 37.9. The summed E-state index contributed by atoms with van der Waals surface area (Å²) in [6.07, 6.45) is -1.27. The van der Waals surface area contributed by atoms with Crippen molar-refractivity contribution in [2.24, 2.45) is 11.5 Å². The number of rotatable bonds is 11. The van der Waals surface area contributed by atoms with Crippen molar-refractivity contribution in [2.75, 3.05) is 16.9 Å². The van der Waals surface area contributed by atoms with Gasteiger partial charge in [-0.3, -0.25) is 9.59 Å². The molecule has 0 atom stereocenters. The standard InChI is InChI=1S/C22H21N5O3S.C18H17N7O.2C2HF3O2/c1-3-13-6-4-5-7-17(13)25-18-16(20(23)28)12-24-22-19(18)26-21(27-22)14-8-10-15(11-9-14)31(2,29)30;1-2-10-5-3-4-6-12(10)23-14-11(16(19)26)7-21-18-15(14)24-17(25-18)13-8-20-9-22-13;2*3-2(4,5)1(6)7/h4-12H,3H2,1-2H3,(H2,23,28)(H2,24,25,26,27);3-9H,2H2,1H3,(H2,19,26)(H,20,22)(H2,21,23,24,25);2*(H,6,7). The molecule has 0 aliphatic rings. The number of amides is 2. The number of carboxylic acids is 2. The van der Waals surface area contributed by atoms with E-state index in [0.717, 1.165) is 47.3 Å². The van der Waals surface area contributed by atoms with Crippen LogP contribution >= 0.6 is 0 Å². The van der Waals surface area contributed by atoms with E-state index in [-0.39, 0.29) is 10.5 Å². The van der Waals surface area contributed by atoms with Crippen molar-refractivity contribution in [3.63, 3.8) is 0 Å². The minimum absolute atomic E-state index is 0.222. The highest BCUT2D eigenvalue weighted by Gasteiger charge is 2.39. The Morgan fingerprint density at radius 3 is 1.42 bits per heavy atom. The van der Waals surface area contributed by atoms with E-state index >= 15 is 0 Å². The molecule has 0 aliphatic carbocycles. The van der Waals surface area contributed by atoms with Crippen LogP contribution in [0.1, 0.15) is 45.7 Å². The zero-order chi connectivity index (χ0) is 52.4. The van der Waals surface area contributed by atoms with Gasteiger partial charge in [0.2, 0.25) is 0 Å². The molecular formula is C44H40F6N12O8S. The van der Waals surface area contributed by atoms with Crippen molar-refractivity contribution < 1.29 is 64.2 Å². The van der Waals surface area contributed by atoms with Gasteiger partial charge in [0.1, 0.15) is 22.6 Å². The largest absolute Gasteiger partial charge is 0.490 e. The lowest BCUT2D eigenvalue weighted by Crippen LogP contribution is -2.21. The van der Waals surface area contributed by atoms with Gasteiger partial charge in [0.15, 0.2) is 27.0 Å². The number of imidazole rings is 3. The lowest BCUT2D eigenvalue weighted by molar-refractivity contribution is -0.193. The highest BCUT2D eigenvalue weighted by atomic mass is 32.2. The number of halogens is 6. The van der Waals surface area contributed by atoms with Crippen molar-refractivity contribution in [2.45, 2.75) is 43.9 Å². The Balaban J connectivity index is 0.000000210. The molecule has 0 bridgehead atoms. The SMILES string of the molecule is CCc1ccccc1Nc1c(C(N)=O)cnc2nc(-c3ccc(S(C)(=O)=O)cc3)[nH]c12.CCc1ccccc1Nc1c(C(N)=O)cnc2nc(-c3cnc[nH]3)[nH]c12.O=C(O)C(F)(F)F.O=C(O)C(F)(F)F. The van der Waals surface area contributed by atoms with Crippen LogP contribution in [0.15, 0.2) is 103 Å². The Kier molecular flexibility index (Phi) is 16.5. The molecule has 0 saturated heterocycles. The number of aliphatic carboxylic acids is 2. The number of benzene rings is 3. The van der Waals surface area contributed by atoms with Crippen LogP contribution in [-0.2, 0) is 32.3 Å². The summed E-state index contributed by atoms with van der Waals surface area (Å²) in [4.78, 5) is 72.9. The molecule has 20 nitrogen and oxygen atoms in total. The molecule has 0 unspecified atom stereocenters. The van der Waals surface area contributed by atoms with Gasteiger partial charge in [-0.2, -0.15) is 26.3 Å². The summed E-state index contributed by atoms with van der Waals surface area (Å²) in [5.74, 6) is -5.61. The number of sulfone groups is 1. The maximum Gasteiger partial charge on any atom is 0.490 e. The average Bonchev–Trinajstić information content (AvgIpc) is 4.10. The Labute approximate surface area is 396 Å². The molecule has 0 spiro atoms. The second-order valence-corrected chi connectivity index (χ2v) is 16.5. The van der Waals surface area contributed by atoms with E-state index in [2.05, 4.69) is 57.4 Å². The lowest BCUT2D eigenvalue weighted by atomic mass is 10.1. The van der Waals surface area contributed by atoms with Crippen molar-refractivity contribution in [1.82, 2.24) is 39.9 Å². The van der Waals surface area contributed by atoms with Crippen LogP contribution < -0.4 is 22.1 Å². The van der Waals surface area contributed by atoms with Crippen LogP contribution in [0, 0.1) is 0 Å². The van der Waals surface area contributed by atoms with Gasteiger partial charge in [0.05, 0.1) is 39.9 Å². The Bertz CT molecular complexity index is 3300. The van der Waals surface area contributed by atoms with E-state index in [1.54, 1.807) is 24.7 Å². The summed E-state index contributed by atoms with van der Waals surface area (Å²) in [6, 6.07) is 22.1. The highest BCUT2D eigenvalue weighted by molar-refractivity contribution is 7.90. The first-order chi connectivity index (χ1) is 33.3. The summed E-state index contributed by atoms with van der Waals surface area (Å²) in [6.45, 7) is 4.12. The van der Waals surface area contributed by atoms with Crippen LogP contribution in [0.3, 0.4) is 0 Å². The molecule has 0 fully saturated rings. The van der Waals surface area contributed by atoms with E-state index < -0.39 is 45.9 Å². The number of anilines is 4. The molecule has 71 heavy (non-hydrogen) atoms. The molecular weight excluding hydrogens is 971 g/mol. The first-order valence-electron chi connectivity index (χ1n) is 20.3. The molecule has 5 aromatic heterocycles. The summed E-state index contributed by atoms with van der Waals surface area (Å²) < 4.78 is 86.9. The molecule has 8 rings (SSSR count). The number of nitrogens with zero attached hydrogens (tertiary/aromatic N) is 5.